The largest absolute Gasteiger partial charge is 0.383 e. The fourth-order valence-corrected chi connectivity index (χ4v) is 5.45. The molecule has 3 aromatic rings. The molecule has 0 saturated carbocycles. The Labute approximate surface area is 182 Å². The van der Waals surface area contributed by atoms with E-state index in [-0.39, 0.29) is 5.92 Å². The van der Waals surface area contributed by atoms with E-state index in [0.29, 0.717) is 27.6 Å². The Bertz CT molecular complexity index is 1170. The van der Waals surface area contributed by atoms with Gasteiger partial charge in [-0.2, -0.15) is 0 Å². The zero-order chi connectivity index (χ0) is 22.0. The van der Waals surface area contributed by atoms with Gasteiger partial charge in [0.25, 0.3) is 0 Å². The average molecular weight is 439 g/mol. The quantitative estimate of drug-likeness (QED) is 0.507. The summed E-state index contributed by atoms with van der Waals surface area (Å²) in [5.41, 5.74) is 4.18. The predicted octanol–water partition coefficient (Wildman–Crippen LogP) is 3.74. The molecule has 0 radical (unpaired) electrons. The van der Waals surface area contributed by atoms with Crippen LogP contribution in [-0.4, -0.2) is 30.2 Å². The number of benzene rings is 2. The van der Waals surface area contributed by atoms with Crippen molar-refractivity contribution in [2.45, 2.75) is 48.2 Å². The van der Waals surface area contributed by atoms with Gasteiger partial charge in [0.15, 0.2) is 6.29 Å². The van der Waals surface area contributed by atoms with Crippen LogP contribution in [0.2, 0.25) is 0 Å². The summed E-state index contributed by atoms with van der Waals surface area (Å²) in [6.45, 7) is 2.53. The predicted molar refractivity (Wildman–Crippen MR) is 119 cm³/mol. The minimum atomic E-state index is -3.56. The third-order valence-corrected chi connectivity index (χ3v) is 7.63. The monoisotopic (exact) mass is 438 g/mol. The van der Waals surface area contributed by atoms with E-state index < -0.39 is 16.1 Å². The number of aryl methyl sites for hydroxylation is 2. The summed E-state index contributed by atoms with van der Waals surface area (Å²) in [5, 5.41) is 22.4. The summed E-state index contributed by atoms with van der Waals surface area (Å²) >= 11 is 0. The zero-order valence-corrected chi connectivity index (χ0v) is 18.1. The molecule has 1 aliphatic carbocycles. The lowest BCUT2D eigenvalue weighted by Gasteiger charge is -2.27. The van der Waals surface area contributed by atoms with Crippen LogP contribution in [0, 0.1) is 6.92 Å². The molecule has 162 valence electrons. The number of aliphatic hydroxyl groups is 2. The Balaban J connectivity index is 1.57. The Morgan fingerprint density at radius 2 is 1.84 bits per heavy atom. The van der Waals surface area contributed by atoms with E-state index in [4.69, 9.17) is 0 Å². The lowest BCUT2D eigenvalue weighted by Crippen LogP contribution is -2.19. The number of fused-ring (bicyclic) bond motifs is 1. The van der Waals surface area contributed by atoms with Crippen LogP contribution >= 0.6 is 0 Å². The average Bonchev–Trinajstić information content (AvgIpc) is 2.77. The van der Waals surface area contributed by atoms with E-state index in [0.717, 1.165) is 36.0 Å². The number of sulfone groups is 1. The van der Waals surface area contributed by atoms with Crippen LogP contribution in [0.15, 0.2) is 70.7 Å². The van der Waals surface area contributed by atoms with E-state index in [1.54, 1.807) is 30.5 Å². The van der Waals surface area contributed by atoms with Gasteiger partial charge >= 0.3 is 0 Å². The van der Waals surface area contributed by atoms with Crippen LogP contribution in [0.5, 0.6) is 0 Å². The van der Waals surface area contributed by atoms with Crippen molar-refractivity contribution in [1.29, 1.82) is 0 Å². The molecule has 7 heteroatoms. The highest BCUT2D eigenvalue weighted by molar-refractivity contribution is 7.91. The molecule has 1 atom stereocenters. The molecule has 2 aromatic carbocycles. The molecule has 1 aromatic heterocycles. The maximum Gasteiger partial charge on any atom is 0.206 e. The molecule has 3 N–H and O–H groups in total. The fraction of sp³-hybridized carbons (Fsp3) is 0.292. The highest BCUT2D eigenvalue weighted by Gasteiger charge is 2.24. The van der Waals surface area contributed by atoms with Gasteiger partial charge in [-0.1, -0.05) is 23.8 Å². The zero-order valence-electron chi connectivity index (χ0n) is 17.3. The summed E-state index contributed by atoms with van der Waals surface area (Å²) < 4.78 is 26.1. The van der Waals surface area contributed by atoms with Crippen molar-refractivity contribution in [3.05, 3.63) is 83.2 Å². The van der Waals surface area contributed by atoms with E-state index >= 15 is 0 Å². The number of rotatable bonds is 6. The van der Waals surface area contributed by atoms with Gasteiger partial charge in [-0.15, -0.1) is 0 Å². The Morgan fingerprint density at radius 3 is 2.58 bits per heavy atom. The first kappa shape index (κ1) is 21.5. The second-order valence-corrected chi connectivity index (χ2v) is 9.93. The van der Waals surface area contributed by atoms with E-state index in [2.05, 4.69) is 10.3 Å². The topological polar surface area (TPSA) is 99.5 Å². The van der Waals surface area contributed by atoms with Crippen LogP contribution < -0.4 is 5.32 Å². The van der Waals surface area contributed by atoms with Gasteiger partial charge in [0.1, 0.15) is 0 Å². The lowest BCUT2D eigenvalue weighted by molar-refractivity contribution is -0.0419. The molecule has 0 fully saturated rings. The molecule has 6 nitrogen and oxygen atoms in total. The molecule has 0 saturated heterocycles. The minimum Gasteiger partial charge on any atom is -0.383 e. The minimum absolute atomic E-state index is 0.198. The molecule has 0 aliphatic heterocycles. The van der Waals surface area contributed by atoms with Gasteiger partial charge in [-0.3, -0.25) is 4.98 Å². The normalized spacial score (nSPS) is 16.2. The molecular weight excluding hydrogens is 412 g/mol. The van der Waals surface area contributed by atoms with Gasteiger partial charge in [0.05, 0.1) is 21.7 Å². The van der Waals surface area contributed by atoms with Crippen molar-refractivity contribution < 1.29 is 18.6 Å². The van der Waals surface area contributed by atoms with Gasteiger partial charge in [0.2, 0.25) is 9.84 Å². The maximum atomic E-state index is 13.1. The van der Waals surface area contributed by atoms with Crippen molar-refractivity contribution in [2.24, 2.45) is 0 Å². The van der Waals surface area contributed by atoms with Crippen LogP contribution in [-0.2, 0) is 16.3 Å². The van der Waals surface area contributed by atoms with Crippen molar-refractivity contribution >= 4 is 15.5 Å². The first-order valence-electron chi connectivity index (χ1n) is 10.3. The summed E-state index contributed by atoms with van der Waals surface area (Å²) in [4.78, 5) is 4.68. The Morgan fingerprint density at radius 1 is 1.10 bits per heavy atom. The third kappa shape index (κ3) is 4.49. The first-order chi connectivity index (χ1) is 14.9. The number of hydrogen-bond acceptors (Lipinski definition) is 6. The highest BCUT2D eigenvalue weighted by atomic mass is 32.2. The Kier molecular flexibility index (Phi) is 6.09. The number of aliphatic hydroxyl groups excluding tert-OH is 1. The van der Waals surface area contributed by atoms with Gasteiger partial charge in [-0.05, 0) is 67.6 Å². The second kappa shape index (κ2) is 8.78. The van der Waals surface area contributed by atoms with E-state index in [9.17, 15) is 18.6 Å². The third-order valence-electron chi connectivity index (χ3n) is 5.87. The summed E-state index contributed by atoms with van der Waals surface area (Å²) in [6.07, 6.45) is 4.31. The highest BCUT2D eigenvalue weighted by Crippen LogP contribution is 2.35. The van der Waals surface area contributed by atoms with Crippen LogP contribution in [0.1, 0.15) is 47.3 Å². The van der Waals surface area contributed by atoms with Crippen molar-refractivity contribution in [3.8, 4) is 0 Å². The van der Waals surface area contributed by atoms with Crippen LogP contribution in [0.3, 0.4) is 0 Å². The van der Waals surface area contributed by atoms with Gasteiger partial charge < -0.3 is 15.5 Å². The SMILES string of the molecule is Cc1ccc(S(=O)(=O)c2ccc3c(c2)CCC[C@@H]3CNc2cnccc2C(O)O)cc1. The number of pyridine rings is 1. The van der Waals surface area contributed by atoms with Crippen LogP contribution in [0.25, 0.3) is 0 Å². The standard InChI is InChI=1S/C24H26N2O4S/c1-16-5-7-19(8-6-16)31(29,30)20-9-10-21-17(13-20)3-2-4-18(21)14-26-23-15-25-12-11-22(23)24(27)28/h5-13,15,18,24,26-28H,2-4,14H2,1H3/t18-/m1/s1. The molecular formula is C24H26N2O4S. The number of nitrogens with one attached hydrogen (secondary N) is 1. The molecule has 1 aliphatic rings. The Hall–Kier alpha value is -2.74. The van der Waals surface area contributed by atoms with Gasteiger partial charge in [-0.25, -0.2) is 8.42 Å². The molecule has 0 spiro atoms. The summed E-state index contributed by atoms with van der Waals surface area (Å²) in [6, 6.07) is 13.9. The molecule has 1 heterocycles. The van der Waals surface area contributed by atoms with Gasteiger partial charge in [0, 0.05) is 24.2 Å². The van der Waals surface area contributed by atoms with Crippen molar-refractivity contribution in [1.82, 2.24) is 4.98 Å². The van der Waals surface area contributed by atoms with E-state index in [1.165, 1.54) is 6.20 Å². The smallest absolute Gasteiger partial charge is 0.206 e. The van der Waals surface area contributed by atoms with E-state index in [1.807, 2.05) is 31.2 Å². The molecule has 0 amide bonds. The second-order valence-electron chi connectivity index (χ2n) is 7.98. The van der Waals surface area contributed by atoms with Crippen LogP contribution in [0.4, 0.5) is 5.69 Å². The lowest BCUT2D eigenvalue weighted by atomic mass is 9.83. The summed E-state index contributed by atoms with van der Waals surface area (Å²) in [5.74, 6) is 0.198. The first-order valence-corrected chi connectivity index (χ1v) is 11.8. The maximum absolute atomic E-state index is 13.1. The number of aromatic nitrogens is 1. The summed E-state index contributed by atoms with van der Waals surface area (Å²) in [7, 11) is -3.56. The number of anilines is 1. The molecule has 31 heavy (non-hydrogen) atoms. The van der Waals surface area contributed by atoms with Crippen molar-refractivity contribution in [2.75, 3.05) is 11.9 Å². The molecule has 0 bridgehead atoms. The molecule has 4 rings (SSSR count). The number of hydrogen-bond donors (Lipinski definition) is 3. The molecule has 0 unspecified atom stereocenters. The number of nitrogens with zero attached hydrogens (tertiary/aromatic N) is 1. The fourth-order valence-electron chi connectivity index (χ4n) is 4.14. The van der Waals surface area contributed by atoms with Crippen molar-refractivity contribution in [3.63, 3.8) is 0 Å².